The molecule has 0 aliphatic heterocycles. The van der Waals surface area contributed by atoms with Crippen LogP contribution in [0, 0.1) is 21.4 Å². The molecular formula is C25H19BrClN3O5. The third-order valence-electron chi connectivity index (χ3n) is 4.62. The summed E-state index contributed by atoms with van der Waals surface area (Å²) in [6.07, 6.45) is 1.35. The Kier molecular flexibility index (Phi) is 8.84. The van der Waals surface area contributed by atoms with Crippen molar-refractivity contribution in [2.24, 2.45) is 0 Å². The van der Waals surface area contributed by atoms with Crippen LogP contribution in [0.3, 0.4) is 0 Å². The lowest BCUT2D eigenvalue weighted by atomic mass is 10.1. The molecule has 0 bridgehead atoms. The van der Waals surface area contributed by atoms with Crippen LogP contribution in [0.4, 0.5) is 11.4 Å². The van der Waals surface area contributed by atoms with Crippen LogP contribution >= 0.6 is 27.5 Å². The molecule has 1 N–H and O–H groups in total. The average Bonchev–Trinajstić information content (AvgIpc) is 2.83. The van der Waals surface area contributed by atoms with Crippen molar-refractivity contribution in [3.05, 3.63) is 97.0 Å². The summed E-state index contributed by atoms with van der Waals surface area (Å²) in [5, 5.41) is 23.2. The summed E-state index contributed by atoms with van der Waals surface area (Å²) >= 11 is 9.85. The van der Waals surface area contributed by atoms with Crippen molar-refractivity contribution in [1.82, 2.24) is 0 Å². The fourth-order valence-electron chi connectivity index (χ4n) is 3.02. The van der Waals surface area contributed by atoms with Gasteiger partial charge in [-0.05, 0) is 54.5 Å². The number of non-ortho nitro benzene ring substituents is 1. The van der Waals surface area contributed by atoms with Gasteiger partial charge >= 0.3 is 0 Å². The molecule has 8 nitrogen and oxygen atoms in total. The lowest BCUT2D eigenvalue weighted by Crippen LogP contribution is -2.13. The van der Waals surface area contributed by atoms with Gasteiger partial charge in [0.1, 0.15) is 18.2 Å². The average molecular weight is 557 g/mol. The van der Waals surface area contributed by atoms with Crippen molar-refractivity contribution in [3.8, 4) is 17.6 Å². The SMILES string of the molecule is CCOc1cc(/C=C(\C#N)C(=O)Nc2cccc([N+](=O)[O-])c2)cc(Cl)c1OCc1ccc(Br)cc1. The Morgan fingerprint density at radius 2 is 1.94 bits per heavy atom. The Morgan fingerprint density at radius 3 is 2.60 bits per heavy atom. The molecule has 0 atom stereocenters. The zero-order chi connectivity index (χ0) is 25.4. The van der Waals surface area contributed by atoms with Crippen molar-refractivity contribution in [3.63, 3.8) is 0 Å². The predicted octanol–water partition coefficient (Wildman–Crippen LogP) is 6.53. The Hall–Kier alpha value is -3.87. The molecule has 1 amide bonds. The molecule has 0 aromatic heterocycles. The van der Waals surface area contributed by atoms with E-state index in [1.54, 1.807) is 12.1 Å². The number of nitro groups is 1. The number of hydrogen-bond donors (Lipinski definition) is 1. The highest BCUT2D eigenvalue weighted by Crippen LogP contribution is 2.38. The van der Waals surface area contributed by atoms with E-state index in [-0.39, 0.29) is 28.6 Å². The summed E-state index contributed by atoms with van der Waals surface area (Å²) in [5.74, 6) is -0.0227. The lowest BCUT2D eigenvalue weighted by Gasteiger charge is -2.15. The maximum Gasteiger partial charge on any atom is 0.271 e. The molecule has 3 aromatic carbocycles. The van der Waals surface area contributed by atoms with Gasteiger partial charge < -0.3 is 14.8 Å². The predicted molar refractivity (Wildman–Crippen MR) is 136 cm³/mol. The monoisotopic (exact) mass is 555 g/mol. The van der Waals surface area contributed by atoms with Gasteiger partial charge in [-0.3, -0.25) is 14.9 Å². The van der Waals surface area contributed by atoms with E-state index in [4.69, 9.17) is 21.1 Å². The Labute approximate surface area is 215 Å². The molecule has 0 unspecified atom stereocenters. The molecule has 178 valence electrons. The molecule has 0 saturated heterocycles. The number of nitro benzene ring substituents is 1. The minimum atomic E-state index is -0.724. The normalized spacial score (nSPS) is 10.9. The van der Waals surface area contributed by atoms with E-state index in [2.05, 4.69) is 21.2 Å². The van der Waals surface area contributed by atoms with Crippen LogP contribution in [0.5, 0.6) is 11.5 Å². The second-order valence-corrected chi connectivity index (χ2v) is 8.43. The molecule has 0 heterocycles. The van der Waals surface area contributed by atoms with E-state index in [1.165, 1.54) is 30.3 Å². The van der Waals surface area contributed by atoms with Gasteiger partial charge in [0.15, 0.2) is 11.5 Å². The van der Waals surface area contributed by atoms with Crippen molar-refractivity contribution < 1.29 is 19.2 Å². The maximum atomic E-state index is 12.6. The molecule has 35 heavy (non-hydrogen) atoms. The second kappa shape index (κ2) is 12.0. The van der Waals surface area contributed by atoms with Crippen molar-refractivity contribution in [2.75, 3.05) is 11.9 Å². The van der Waals surface area contributed by atoms with Crippen LogP contribution in [0.2, 0.25) is 5.02 Å². The first kappa shape index (κ1) is 25.7. The Balaban J connectivity index is 1.84. The number of carbonyl (C=O) groups excluding carboxylic acids is 1. The first-order valence-electron chi connectivity index (χ1n) is 10.3. The van der Waals surface area contributed by atoms with Crippen molar-refractivity contribution in [2.45, 2.75) is 13.5 Å². The fraction of sp³-hybridized carbons (Fsp3) is 0.120. The number of nitrogens with one attached hydrogen (secondary N) is 1. The van der Waals surface area contributed by atoms with Crippen LogP contribution in [0.1, 0.15) is 18.1 Å². The summed E-state index contributed by atoms with van der Waals surface area (Å²) in [5.41, 5.74) is 1.16. The van der Waals surface area contributed by atoms with Gasteiger partial charge in [-0.2, -0.15) is 5.26 Å². The van der Waals surface area contributed by atoms with Crippen LogP contribution in [-0.2, 0) is 11.4 Å². The highest BCUT2D eigenvalue weighted by atomic mass is 79.9. The zero-order valence-electron chi connectivity index (χ0n) is 18.5. The summed E-state index contributed by atoms with van der Waals surface area (Å²) in [6, 6.07) is 18.1. The zero-order valence-corrected chi connectivity index (χ0v) is 20.8. The molecule has 0 radical (unpaired) electrons. The minimum Gasteiger partial charge on any atom is -0.490 e. The topological polar surface area (TPSA) is 114 Å². The summed E-state index contributed by atoms with van der Waals surface area (Å²) in [4.78, 5) is 23.0. The number of nitrogens with zero attached hydrogens (tertiary/aromatic N) is 2. The second-order valence-electron chi connectivity index (χ2n) is 7.11. The number of anilines is 1. The number of amides is 1. The highest BCUT2D eigenvalue weighted by Gasteiger charge is 2.16. The Morgan fingerprint density at radius 1 is 1.20 bits per heavy atom. The van der Waals surface area contributed by atoms with Gasteiger partial charge in [0.2, 0.25) is 0 Å². The van der Waals surface area contributed by atoms with E-state index in [0.29, 0.717) is 23.7 Å². The standard InChI is InChI=1S/C25H19BrClN3O5/c1-2-34-23-12-17(11-22(27)24(23)35-15-16-6-8-19(26)9-7-16)10-18(14-28)25(31)29-20-4-3-5-21(13-20)30(32)33/h3-13H,2,15H2,1H3,(H,29,31)/b18-10+. The molecule has 0 saturated carbocycles. The third-order valence-corrected chi connectivity index (χ3v) is 5.43. The fourth-order valence-corrected chi connectivity index (χ4v) is 3.56. The number of nitriles is 1. The molecule has 0 aliphatic rings. The minimum absolute atomic E-state index is 0.183. The van der Waals surface area contributed by atoms with E-state index >= 15 is 0 Å². The third kappa shape index (κ3) is 7.06. The van der Waals surface area contributed by atoms with E-state index in [0.717, 1.165) is 10.0 Å². The van der Waals surface area contributed by atoms with Crippen LogP contribution in [0.25, 0.3) is 6.08 Å². The van der Waals surface area contributed by atoms with Gasteiger partial charge in [0.05, 0.1) is 16.6 Å². The first-order valence-corrected chi connectivity index (χ1v) is 11.5. The van der Waals surface area contributed by atoms with Crippen molar-refractivity contribution in [1.29, 1.82) is 5.26 Å². The number of hydrogen-bond acceptors (Lipinski definition) is 6. The number of ether oxygens (including phenoxy) is 2. The Bertz CT molecular complexity index is 1320. The molecule has 0 aliphatic carbocycles. The quantitative estimate of drug-likeness (QED) is 0.139. The molecule has 0 spiro atoms. The van der Waals surface area contributed by atoms with Gasteiger partial charge in [-0.1, -0.05) is 45.7 Å². The van der Waals surface area contributed by atoms with Gasteiger partial charge in [-0.25, -0.2) is 0 Å². The number of benzene rings is 3. The molecule has 0 fully saturated rings. The number of carbonyl (C=O) groups is 1. The van der Waals surface area contributed by atoms with Crippen molar-refractivity contribution >= 4 is 50.9 Å². The molecule has 3 aromatic rings. The number of rotatable bonds is 9. The van der Waals surface area contributed by atoms with Crippen LogP contribution in [-0.4, -0.2) is 17.4 Å². The number of halogens is 2. The first-order chi connectivity index (χ1) is 16.8. The van der Waals surface area contributed by atoms with Crippen LogP contribution < -0.4 is 14.8 Å². The van der Waals surface area contributed by atoms with Gasteiger partial charge in [-0.15, -0.1) is 0 Å². The summed E-state index contributed by atoms with van der Waals surface area (Å²) in [7, 11) is 0. The maximum absolute atomic E-state index is 12.6. The van der Waals surface area contributed by atoms with E-state index < -0.39 is 10.8 Å². The molecule has 10 heteroatoms. The summed E-state index contributed by atoms with van der Waals surface area (Å²) in [6.45, 7) is 2.41. The lowest BCUT2D eigenvalue weighted by molar-refractivity contribution is -0.384. The van der Waals surface area contributed by atoms with E-state index in [9.17, 15) is 20.2 Å². The highest BCUT2D eigenvalue weighted by molar-refractivity contribution is 9.10. The molecule has 3 rings (SSSR count). The smallest absolute Gasteiger partial charge is 0.271 e. The van der Waals surface area contributed by atoms with Gasteiger partial charge in [0, 0.05) is 22.3 Å². The van der Waals surface area contributed by atoms with E-state index in [1.807, 2.05) is 37.3 Å². The van der Waals surface area contributed by atoms with Gasteiger partial charge in [0.25, 0.3) is 11.6 Å². The summed E-state index contributed by atoms with van der Waals surface area (Å²) < 4.78 is 12.5. The largest absolute Gasteiger partial charge is 0.490 e. The van der Waals surface area contributed by atoms with Crippen LogP contribution in [0.15, 0.2) is 70.7 Å². The molecular weight excluding hydrogens is 538 g/mol.